The maximum atomic E-state index is 12.9. The van der Waals surface area contributed by atoms with Crippen LogP contribution in [0.25, 0.3) is 5.78 Å². The molecule has 0 amide bonds. The van der Waals surface area contributed by atoms with E-state index in [1.807, 2.05) is 0 Å². The highest BCUT2D eigenvalue weighted by atomic mass is 19.4. The summed E-state index contributed by atoms with van der Waals surface area (Å²) in [6.07, 6.45) is -4.47. The maximum Gasteiger partial charge on any atom is 0.433 e. The molecule has 3 atom stereocenters. The number of carboxylic acid groups (broad SMARTS) is 1. The van der Waals surface area contributed by atoms with Gasteiger partial charge in [-0.3, -0.25) is 4.79 Å². The van der Waals surface area contributed by atoms with E-state index in [4.69, 9.17) is 5.11 Å². The molecule has 2 heterocycles. The summed E-state index contributed by atoms with van der Waals surface area (Å²) in [6, 6.07) is 0.0506. The SMILES string of the molecule is O=C(O)C1CC(O)C(Nc2cc(C(F)(F)F)nc3ncnn23)C1. The van der Waals surface area contributed by atoms with Gasteiger partial charge in [0, 0.05) is 6.07 Å². The Morgan fingerprint density at radius 1 is 1.39 bits per heavy atom. The number of aliphatic hydroxyl groups excluding tert-OH is 1. The molecule has 0 radical (unpaired) electrons. The van der Waals surface area contributed by atoms with E-state index >= 15 is 0 Å². The quantitative estimate of drug-likeness (QED) is 0.762. The molecule has 0 saturated heterocycles. The Labute approximate surface area is 127 Å². The lowest BCUT2D eigenvalue weighted by Gasteiger charge is -2.18. The molecule has 2 aromatic heterocycles. The summed E-state index contributed by atoms with van der Waals surface area (Å²) < 4.78 is 39.7. The fourth-order valence-corrected chi connectivity index (χ4v) is 2.62. The smallest absolute Gasteiger partial charge is 0.433 e. The Balaban J connectivity index is 1.93. The molecule has 3 N–H and O–H groups in total. The summed E-state index contributed by atoms with van der Waals surface area (Å²) in [5.41, 5.74) is -1.15. The number of fused-ring (bicyclic) bond motifs is 1. The number of hydrogen-bond donors (Lipinski definition) is 3. The number of aliphatic carboxylic acids is 1. The van der Waals surface area contributed by atoms with Crippen molar-refractivity contribution in [1.82, 2.24) is 19.6 Å². The van der Waals surface area contributed by atoms with Crippen molar-refractivity contribution < 1.29 is 28.2 Å². The molecule has 11 heteroatoms. The molecule has 1 saturated carbocycles. The van der Waals surface area contributed by atoms with Gasteiger partial charge in [-0.2, -0.15) is 27.8 Å². The van der Waals surface area contributed by atoms with Crippen LogP contribution in [-0.2, 0) is 11.0 Å². The predicted molar refractivity (Wildman–Crippen MR) is 69.6 cm³/mol. The number of rotatable bonds is 3. The Kier molecular flexibility index (Phi) is 3.59. The van der Waals surface area contributed by atoms with Crippen molar-refractivity contribution in [1.29, 1.82) is 0 Å². The number of carboxylic acids is 1. The van der Waals surface area contributed by atoms with Gasteiger partial charge in [0.25, 0.3) is 5.78 Å². The molecule has 2 aromatic rings. The van der Waals surface area contributed by atoms with Crippen molar-refractivity contribution in [2.45, 2.75) is 31.2 Å². The molecule has 1 aliphatic rings. The van der Waals surface area contributed by atoms with E-state index in [0.29, 0.717) is 0 Å². The lowest BCUT2D eigenvalue weighted by molar-refractivity contribution is -0.142. The Morgan fingerprint density at radius 3 is 2.74 bits per heavy atom. The molecule has 3 rings (SSSR count). The lowest BCUT2D eigenvalue weighted by Crippen LogP contribution is -2.29. The fraction of sp³-hybridized carbons (Fsp3) is 0.500. The number of nitrogens with zero attached hydrogens (tertiary/aromatic N) is 4. The first-order chi connectivity index (χ1) is 10.8. The third kappa shape index (κ3) is 2.91. The molecule has 3 unspecified atom stereocenters. The molecule has 0 aliphatic heterocycles. The molecule has 0 spiro atoms. The maximum absolute atomic E-state index is 12.9. The number of alkyl halides is 3. The van der Waals surface area contributed by atoms with Crippen molar-refractivity contribution in [3.8, 4) is 0 Å². The Hall–Kier alpha value is -2.43. The first-order valence-corrected chi connectivity index (χ1v) is 6.71. The van der Waals surface area contributed by atoms with Crippen LogP contribution < -0.4 is 5.32 Å². The highest BCUT2D eigenvalue weighted by Crippen LogP contribution is 2.32. The summed E-state index contributed by atoms with van der Waals surface area (Å²) >= 11 is 0. The molecule has 8 nitrogen and oxygen atoms in total. The number of carbonyl (C=O) groups is 1. The second-order valence-electron chi connectivity index (χ2n) is 5.32. The van der Waals surface area contributed by atoms with Crippen LogP contribution in [0.3, 0.4) is 0 Å². The van der Waals surface area contributed by atoms with E-state index in [1.54, 1.807) is 0 Å². The molecule has 1 fully saturated rings. The van der Waals surface area contributed by atoms with Gasteiger partial charge >= 0.3 is 12.1 Å². The van der Waals surface area contributed by atoms with Crippen LogP contribution in [0.2, 0.25) is 0 Å². The number of aromatic nitrogens is 4. The average molecular weight is 331 g/mol. The van der Waals surface area contributed by atoms with E-state index in [0.717, 1.165) is 16.9 Å². The van der Waals surface area contributed by atoms with E-state index in [2.05, 4.69) is 20.4 Å². The van der Waals surface area contributed by atoms with Crippen LogP contribution in [0.15, 0.2) is 12.4 Å². The van der Waals surface area contributed by atoms with Gasteiger partial charge in [0.05, 0.1) is 18.1 Å². The molecular formula is C12H12F3N5O3. The number of aliphatic hydroxyl groups is 1. The normalized spacial score (nSPS) is 25.0. The molecule has 0 bridgehead atoms. The van der Waals surface area contributed by atoms with Crippen LogP contribution >= 0.6 is 0 Å². The van der Waals surface area contributed by atoms with Gasteiger partial charge in [0.2, 0.25) is 0 Å². The monoisotopic (exact) mass is 331 g/mol. The van der Waals surface area contributed by atoms with E-state index in [1.165, 1.54) is 0 Å². The van der Waals surface area contributed by atoms with Crippen LogP contribution in [0, 0.1) is 5.92 Å². The van der Waals surface area contributed by atoms with Crippen molar-refractivity contribution in [3.63, 3.8) is 0 Å². The number of nitrogens with one attached hydrogen (secondary N) is 1. The van der Waals surface area contributed by atoms with Gasteiger partial charge in [-0.05, 0) is 12.8 Å². The average Bonchev–Trinajstić information content (AvgIpc) is 3.05. The van der Waals surface area contributed by atoms with E-state index in [-0.39, 0.29) is 24.4 Å². The topological polar surface area (TPSA) is 113 Å². The van der Waals surface area contributed by atoms with E-state index in [9.17, 15) is 23.1 Å². The molecule has 23 heavy (non-hydrogen) atoms. The standard InChI is InChI=1S/C12H12F3N5O3/c13-12(14,15)8-3-9(20-11(19-8)16-4-17-20)18-6-1-5(10(22)23)2-7(6)21/h3-7,18,21H,1-2H2,(H,22,23). The minimum absolute atomic E-state index is 0.0325. The first-order valence-electron chi connectivity index (χ1n) is 6.71. The van der Waals surface area contributed by atoms with Crippen molar-refractivity contribution in [2.75, 3.05) is 5.32 Å². The Bertz CT molecular complexity index is 747. The number of hydrogen-bond acceptors (Lipinski definition) is 6. The highest BCUT2D eigenvalue weighted by Gasteiger charge is 2.38. The zero-order valence-electron chi connectivity index (χ0n) is 11.5. The summed E-state index contributed by atoms with van der Waals surface area (Å²) in [5, 5.41) is 25.4. The largest absolute Gasteiger partial charge is 0.481 e. The minimum atomic E-state index is -4.66. The first kappa shape index (κ1) is 15.5. The Morgan fingerprint density at radius 2 is 2.13 bits per heavy atom. The number of anilines is 1. The van der Waals surface area contributed by atoms with Gasteiger partial charge in [-0.25, -0.2) is 4.98 Å². The summed E-state index contributed by atoms with van der Waals surface area (Å²) in [4.78, 5) is 18.0. The van der Waals surface area contributed by atoms with Crippen LogP contribution in [-0.4, -0.2) is 47.9 Å². The van der Waals surface area contributed by atoms with Crippen LogP contribution in [0.5, 0.6) is 0 Å². The predicted octanol–water partition coefficient (Wildman–Crippen LogP) is 0.779. The molecule has 1 aliphatic carbocycles. The zero-order chi connectivity index (χ0) is 16.8. The van der Waals surface area contributed by atoms with Gasteiger partial charge in [-0.1, -0.05) is 0 Å². The molecular weight excluding hydrogens is 319 g/mol. The van der Waals surface area contributed by atoms with Crippen LogP contribution in [0.4, 0.5) is 19.0 Å². The van der Waals surface area contributed by atoms with E-state index < -0.39 is 35.9 Å². The minimum Gasteiger partial charge on any atom is -0.481 e. The summed E-state index contributed by atoms with van der Waals surface area (Å²) in [7, 11) is 0. The molecule has 0 aromatic carbocycles. The number of halogens is 3. The summed E-state index contributed by atoms with van der Waals surface area (Å²) in [5.74, 6) is -2.11. The third-order valence-electron chi connectivity index (χ3n) is 3.75. The summed E-state index contributed by atoms with van der Waals surface area (Å²) in [6.45, 7) is 0. The molecule has 124 valence electrons. The van der Waals surface area contributed by atoms with Crippen molar-refractivity contribution in [3.05, 3.63) is 18.1 Å². The highest BCUT2D eigenvalue weighted by molar-refractivity contribution is 5.70. The van der Waals surface area contributed by atoms with Crippen molar-refractivity contribution in [2.24, 2.45) is 5.92 Å². The van der Waals surface area contributed by atoms with Crippen molar-refractivity contribution >= 4 is 17.6 Å². The fourth-order valence-electron chi connectivity index (χ4n) is 2.62. The van der Waals surface area contributed by atoms with Crippen LogP contribution in [0.1, 0.15) is 18.5 Å². The van der Waals surface area contributed by atoms with Gasteiger partial charge in [0.1, 0.15) is 12.1 Å². The van der Waals surface area contributed by atoms with Gasteiger partial charge in [0.15, 0.2) is 5.69 Å². The lowest BCUT2D eigenvalue weighted by atomic mass is 10.1. The second kappa shape index (κ2) is 5.33. The zero-order valence-corrected chi connectivity index (χ0v) is 11.5. The second-order valence-corrected chi connectivity index (χ2v) is 5.32. The van der Waals surface area contributed by atoms with Gasteiger partial charge < -0.3 is 15.5 Å². The van der Waals surface area contributed by atoms with Gasteiger partial charge in [-0.15, -0.1) is 0 Å². The third-order valence-corrected chi connectivity index (χ3v) is 3.75.